The number of nitrogens with zero attached hydrogens (tertiary/aromatic N) is 3. The highest BCUT2D eigenvalue weighted by molar-refractivity contribution is 7.99. The lowest BCUT2D eigenvalue weighted by molar-refractivity contribution is 0.0376. The maximum Gasteiger partial charge on any atom is 0.261 e. The first-order chi connectivity index (χ1) is 14.8. The average molecular weight is 478 g/mol. The Hall–Kier alpha value is -1.64. The zero-order valence-electron chi connectivity index (χ0n) is 17.7. The molecule has 0 spiro atoms. The lowest BCUT2D eigenvalue weighted by Crippen LogP contribution is -2.39. The van der Waals surface area contributed by atoms with Gasteiger partial charge in [0.05, 0.1) is 29.0 Å². The van der Waals surface area contributed by atoms with Gasteiger partial charge >= 0.3 is 0 Å². The minimum atomic E-state index is 0. The molecular formula is C23H28ClN3O2S2. The highest BCUT2D eigenvalue weighted by atomic mass is 35.5. The van der Waals surface area contributed by atoms with Crippen LogP contribution in [0.15, 0.2) is 53.4 Å². The summed E-state index contributed by atoms with van der Waals surface area (Å²) in [5.74, 6) is 0.968. The van der Waals surface area contributed by atoms with E-state index in [2.05, 4.69) is 17.9 Å². The molecule has 166 valence electrons. The van der Waals surface area contributed by atoms with Crippen LogP contribution in [0.2, 0.25) is 0 Å². The molecule has 0 bridgehead atoms. The summed E-state index contributed by atoms with van der Waals surface area (Å²) in [7, 11) is 0. The predicted molar refractivity (Wildman–Crippen MR) is 133 cm³/mol. The maximum absolute atomic E-state index is 13.6. The second-order valence-corrected chi connectivity index (χ2v) is 9.47. The molecule has 0 atom stereocenters. The highest BCUT2D eigenvalue weighted by Gasteiger charge is 2.23. The number of rotatable bonds is 8. The molecule has 3 aromatic rings. The molecule has 1 fully saturated rings. The van der Waals surface area contributed by atoms with Gasteiger partial charge < -0.3 is 4.74 Å². The van der Waals surface area contributed by atoms with Gasteiger partial charge in [0.15, 0.2) is 5.13 Å². The lowest BCUT2D eigenvalue weighted by Gasteiger charge is -2.28. The summed E-state index contributed by atoms with van der Waals surface area (Å²) in [6.45, 7) is 7.24. The largest absolute Gasteiger partial charge is 0.379 e. The number of hydrogen-bond donors (Lipinski definition) is 0. The number of amides is 1. The monoisotopic (exact) mass is 477 g/mol. The lowest BCUT2D eigenvalue weighted by atomic mass is 10.2. The Morgan fingerprint density at radius 3 is 2.68 bits per heavy atom. The van der Waals surface area contributed by atoms with E-state index in [-0.39, 0.29) is 18.3 Å². The third kappa shape index (κ3) is 5.99. The van der Waals surface area contributed by atoms with Crippen molar-refractivity contribution >= 4 is 56.8 Å². The van der Waals surface area contributed by atoms with Crippen molar-refractivity contribution in [3.63, 3.8) is 0 Å². The van der Waals surface area contributed by atoms with Gasteiger partial charge in [-0.1, -0.05) is 42.5 Å². The van der Waals surface area contributed by atoms with E-state index in [9.17, 15) is 4.79 Å². The van der Waals surface area contributed by atoms with Crippen molar-refractivity contribution in [2.75, 3.05) is 50.0 Å². The molecule has 1 saturated heterocycles. The number of benzene rings is 2. The third-order valence-corrected chi connectivity index (χ3v) is 7.15. The SMILES string of the molecule is CCSc1ccccc1C(=O)N(CCCN1CCOCC1)c1nc2ccccc2s1.Cl. The summed E-state index contributed by atoms with van der Waals surface area (Å²) in [5, 5.41) is 0.777. The molecule has 31 heavy (non-hydrogen) atoms. The van der Waals surface area contributed by atoms with Crippen LogP contribution >= 0.6 is 35.5 Å². The molecule has 1 aliphatic rings. The van der Waals surface area contributed by atoms with E-state index in [4.69, 9.17) is 9.72 Å². The van der Waals surface area contributed by atoms with E-state index in [0.29, 0.717) is 6.54 Å². The molecule has 0 aliphatic carbocycles. The molecule has 1 aromatic heterocycles. The fourth-order valence-electron chi connectivity index (χ4n) is 3.61. The second kappa shape index (κ2) is 11.8. The molecule has 1 amide bonds. The third-order valence-electron chi connectivity index (χ3n) is 5.14. The molecule has 2 heterocycles. The summed E-state index contributed by atoms with van der Waals surface area (Å²) in [4.78, 5) is 23.7. The number of para-hydroxylation sites is 1. The van der Waals surface area contributed by atoms with Crippen molar-refractivity contribution in [1.29, 1.82) is 0 Å². The number of carbonyl (C=O) groups is 1. The van der Waals surface area contributed by atoms with Crippen molar-refractivity contribution < 1.29 is 9.53 Å². The van der Waals surface area contributed by atoms with Gasteiger partial charge in [-0.05, 0) is 36.4 Å². The predicted octanol–water partition coefficient (Wildman–Crippen LogP) is 5.20. The molecule has 4 rings (SSSR count). The van der Waals surface area contributed by atoms with Gasteiger partial charge in [0.2, 0.25) is 0 Å². The average Bonchev–Trinajstić information content (AvgIpc) is 3.21. The second-order valence-electron chi connectivity index (χ2n) is 7.16. The molecule has 2 aromatic carbocycles. The standard InChI is InChI=1S/C23H27N3O2S2.ClH/c1-2-29-20-10-5-3-8-18(20)22(27)26(13-7-12-25-14-16-28-17-15-25)23-24-19-9-4-6-11-21(19)30-23;/h3-6,8-11H,2,7,12-17H2,1H3;1H. The maximum atomic E-state index is 13.6. The van der Waals surface area contributed by atoms with E-state index in [0.717, 1.165) is 70.8 Å². The fraction of sp³-hybridized carbons (Fsp3) is 0.391. The Morgan fingerprint density at radius 1 is 1.16 bits per heavy atom. The molecule has 0 unspecified atom stereocenters. The van der Waals surface area contributed by atoms with Crippen LogP contribution in [0.4, 0.5) is 5.13 Å². The number of fused-ring (bicyclic) bond motifs is 1. The molecular weight excluding hydrogens is 450 g/mol. The zero-order valence-corrected chi connectivity index (χ0v) is 20.1. The van der Waals surface area contributed by atoms with E-state index in [1.807, 2.05) is 47.4 Å². The first kappa shape index (κ1) is 24.0. The van der Waals surface area contributed by atoms with Gasteiger partial charge in [0, 0.05) is 31.1 Å². The number of thiazole rings is 1. The van der Waals surface area contributed by atoms with E-state index in [1.54, 1.807) is 23.1 Å². The van der Waals surface area contributed by atoms with Crippen LogP contribution in [-0.2, 0) is 4.74 Å². The first-order valence-corrected chi connectivity index (χ1v) is 12.3. The van der Waals surface area contributed by atoms with Crippen molar-refractivity contribution in [3.8, 4) is 0 Å². The van der Waals surface area contributed by atoms with E-state index >= 15 is 0 Å². The number of morpholine rings is 1. The van der Waals surface area contributed by atoms with Crippen LogP contribution < -0.4 is 4.90 Å². The summed E-state index contributed by atoms with van der Waals surface area (Å²) in [6, 6.07) is 16.0. The summed E-state index contributed by atoms with van der Waals surface area (Å²) >= 11 is 3.29. The number of hydrogen-bond acceptors (Lipinski definition) is 6. The van der Waals surface area contributed by atoms with Crippen molar-refractivity contribution in [3.05, 3.63) is 54.1 Å². The minimum absolute atomic E-state index is 0. The van der Waals surface area contributed by atoms with E-state index in [1.165, 1.54) is 0 Å². The van der Waals surface area contributed by atoms with Gasteiger partial charge in [-0.2, -0.15) is 0 Å². The minimum Gasteiger partial charge on any atom is -0.379 e. The number of carbonyl (C=O) groups excluding carboxylic acids is 1. The number of halogens is 1. The van der Waals surface area contributed by atoms with Gasteiger partial charge in [-0.25, -0.2) is 4.98 Å². The van der Waals surface area contributed by atoms with Crippen molar-refractivity contribution in [2.45, 2.75) is 18.2 Å². The van der Waals surface area contributed by atoms with Crippen LogP contribution in [0.1, 0.15) is 23.7 Å². The quantitative estimate of drug-likeness (QED) is 0.417. The van der Waals surface area contributed by atoms with Crippen LogP contribution in [0.25, 0.3) is 10.2 Å². The van der Waals surface area contributed by atoms with Crippen molar-refractivity contribution in [2.24, 2.45) is 0 Å². The van der Waals surface area contributed by atoms with Crippen LogP contribution in [-0.4, -0.2) is 60.9 Å². The smallest absolute Gasteiger partial charge is 0.261 e. The molecule has 0 saturated carbocycles. The number of anilines is 1. The molecule has 0 radical (unpaired) electrons. The summed E-state index contributed by atoms with van der Waals surface area (Å²) < 4.78 is 6.55. The zero-order chi connectivity index (χ0) is 20.8. The Balaban J connectivity index is 0.00000272. The Labute approximate surface area is 198 Å². The Kier molecular flexibility index (Phi) is 9.16. The Bertz CT molecular complexity index is 959. The topological polar surface area (TPSA) is 45.7 Å². The van der Waals surface area contributed by atoms with E-state index < -0.39 is 0 Å². The summed E-state index contributed by atoms with van der Waals surface area (Å²) in [6.07, 6.45) is 0.907. The number of thioether (sulfide) groups is 1. The van der Waals surface area contributed by atoms with Gasteiger partial charge in [0.25, 0.3) is 5.91 Å². The van der Waals surface area contributed by atoms with Crippen molar-refractivity contribution in [1.82, 2.24) is 9.88 Å². The highest BCUT2D eigenvalue weighted by Crippen LogP contribution is 2.31. The van der Waals surface area contributed by atoms with Gasteiger partial charge in [-0.15, -0.1) is 24.2 Å². The van der Waals surface area contributed by atoms with Crippen LogP contribution in [0.5, 0.6) is 0 Å². The summed E-state index contributed by atoms with van der Waals surface area (Å²) in [5.41, 5.74) is 1.70. The first-order valence-electron chi connectivity index (χ1n) is 10.5. The molecule has 8 heteroatoms. The molecule has 0 N–H and O–H groups in total. The number of ether oxygens (including phenoxy) is 1. The fourth-order valence-corrected chi connectivity index (χ4v) is 5.39. The Morgan fingerprint density at radius 2 is 1.90 bits per heavy atom. The van der Waals surface area contributed by atoms with Gasteiger partial charge in [0.1, 0.15) is 0 Å². The van der Waals surface area contributed by atoms with Crippen LogP contribution in [0.3, 0.4) is 0 Å². The molecule has 5 nitrogen and oxygen atoms in total. The van der Waals surface area contributed by atoms with Gasteiger partial charge in [-0.3, -0.25) is 14.6 Å². The van der Waals surface area contributed by atoms with Crippen LogP contribution in [0, 0.1) is 0 Å². The number of aromatic nitrogens is 1. The molecule has 1 aliphatic heterocycles. The normalized spacial score (nSPS) is 14.4.